The van der Waals surface area contributed by atoms with Gasteiger partial charge in [0.2, 0.25) is 5.88 Å². The molecule has 0 spiro atoms. The highest BCUT2D eigenvalue weighted by Gasteiger charge is 2.14. The predicted molar refractivity (Wildman–Crippen MR) is 77.2 cm³/mol. The molecule has 0 atom stereocenters. The number of hydrogen-bond acceptors (Lipinski definition) is 4. The lowest BCUT2D eigenvalue weighted by Crippen LogP contribution is -2.31. The van der Waals surface area contributed by atoms with Crippen LogP contribution >= 0.6 is 0 Å². The number of pyridine rings is 1. The standard InChI is InChI=1S/C14H25N3O/c1-6-11(7-2)17(5)13-9-8-12(15)14(16-13)18-10(3)4/h8-11H,6-7,15H2,1-5H3. The summed E-state index contributed by atoms with van der Waals surface area (Å²) >= 11 is 0. The number of rotatable bonds is 6. The normalized spacial score (nSPS) is 11.1. The van der Waals surface area contributed by atoms with Crippen LogP contribution in [0.25, 0.3) is 0 Å². The molecule has 0 aliphatic carbocycles. The Balaban J connectivity index is 2.96. The molecule has 2 N–H and O–H groups in total. The molecule has 1 aromatic heterocycles. The van der Waals surface area contributed by atoms with Gasteiger partial charge in [0.05, 0.1) is 11.8 Å². The summed E-state index contributed by atoms with van der Waals surface area (Å²) in [6.07, 6.45) is 2.27. The average Bonchev–Trinajstić information content (AvgIpc) is 2.32. The lowest BCUT2D eigenvalue weighted by atomic mass is 10.1. The van der Waals surface area contributed by atoms with Gasteiger partial charge in [-0.05, 0) is 38.8 Å². The topological polar surface area (TPSA) is 51.4 Å². The number of nitrogen functional groups attached to an aromatic ring is 1. The molecular weight excluding hydrogens is 226 g/mol. The van der Waals surface area contributed by atoms with Gasteiger partial charge in [0.1, 0.15) is 5.82 Å². The number of nitrogens with zero attached hydrogens (tertiary/aromatic N) is 2. The average molecular weight is 251 g/mol. The Labute approximate surface area is 110 Å². The van der Waals surface area contributed by atoms with Crippen molar-refractivity contribution in [3.05, 3.63) is 12.1 Å². The fourth-order valence-corrected chi connectivity index (χ4v) is 1.98. The fraction of sp³-hybridized carbons (Fsp3) is 0.643. The van der Waals surface area contributed by atoms with Crippen LogP contribution in [0, 0.1) is 0 Å². The monoisotopic (exact) mass is 251 g/mol. The van der Waals surface area contributed by atoms with Gasteiger partial charge in [0.25, 0.3) is 0 Å². The van der Waals surface area contributed by atoms with E-state index in [9.17, 15) is 0 Å². The number of anilines is 2. The van der Waals surface area contributed by atoms with Gasteiger partial charge in [-0.25, -0.2) is 0 Å². The number of nitrogens with two attached hydrogens (primary N) is 1. The van der Waals surface area contributed by atoms with Crippen LogP contribution in [0.1, 0.15) is 40.5 Å². The number of hydrogen-bond donors (Lipinski definition) is 1. The summed E-state index contributed by atoms with van der Waals surface area (Å²) in [5.41, 5.74) is 6.46. The first-order valence-electron chi connectivity index (χ1n) is 6.65. The van der Waals surface area contributed by atoms with Gasteiger partial charge in [-0.2, -0.15) is 4.98 Å². The van der Waals surface area contributed by atoms with Gasteiger partial charge < -0.3 is 15.4 Å². The second-order valence-corrected chi connectivity index (χ2v) is 4.81. The second kappa shape index (κ2) is 6.47. The van der Waals surface area contributed by atoms with E-state index in [0.717, 1.165) is 18.7 Å². The smallest absolute Gasteiger partial charge is 0.239 e. The van der Waals surface area contributed by atoms with E-state index in [-0.39, 0.29) is 6.10 Å². The minimum Gasteiger partial charge on any atom is -0.473 e. The van der Waals surface area contributed by atoms with Crippen molar-refractivity contribution < 1.29 is 4.74 Å². The van der Waals surface area contributed by atoms with Crippen molar-refractivity contribution in [1.82, 2.24) is 4.98 Å². The number of aromatic nitrogens is 1. The van der Waals surface area contributed by atoms with Gasteiger partial charge in [-0.3, -0.25) is 0 Å². The van der Waals surface area contributed by atoms with Crippen LogP contribution in [0.15, 0.2) is 12.1 Å². The molecule has 4 nitrogen and oxygen atoms in total. The molecule has 102 valence electrons. The summed E-state index contributed by atoms with van der Waals surface area (Å²) in [7, 11) is 2.06. The van der Waals surface area contributed by atoms with Crippen LogP contribution in [0.5, 0.6) is 5.88 Å². The molecule has 0 radical (unpaired) electrons. The second-order valence-electron chi connectivity index (χ2n) is 4.81. The third kappa shape index (κ3) is 3.52. The van der Waals surface area contributed by atoms with Crippen molar-refractivity contribution in [1.29, 1.82) is 0 Å². The van der Waals surface area contributed by atoms with Crippen molar-refractivity contribution in [2.45, 2.75) is 52.7 Å². The Morgan fingerprint density at radius 3 is 2.39 bits per heavy atom. The summed E-state index contributed by atoms with van der Waals surface area (Å²) in [5, 5.41) is 0. The van der Waals surface area contributed by atoms with E-state index in [4.69, 9.17) is 10.5 Å². The maximum absolute atomic E-state index is 5.87. The summed E-state index contributed by atoms with van der Waals surface area (Å²) in [4.78, 5) is 6.70. The van der Waals surface area contributed by atoms with Crippen molar-refractivity contribution in [2.75, 3.05) is 17.7 Å². The highest BCUT2D eigenvalue weighted by molar-refractivity contribution is 5.54. The SMILES string of the molecule is CCC(CC)N(C)c1ccc(N)c(OC(C)C)n1. The molecule has 18 heavy (non-hydrogen) atoms. The Morgan fingerprint density at radius 2 is 1.89 bits per heavy atom. The highest BCUT2D eigenvalue weighted by atomic mass is 16.5. The van der Waals surface area contributed by atoms with Gasteiger partial charge >= 0.3 is 0 Å². The lowest BCUT2D eigenvalue weighted by Gasteiger charge is -2.27. The van der Waals surface area contributed by atoms with Gasteiger partial charge in [0, 0.05) is 13.1 Å². The van der Waals surface area contributed by atoms with Crippen molar-refractivity contribution in [3.63, 3.8) is 0 Å². The molecule has 0 unspecified atom stereocenters. The maximum atomic E-state index is 5.87. The Bertz CT molecular complexity index is 375. The Hall–Kier alpha value is -1.45. The van der Waals surface area contributed by atoms with E-state index < -0.39 is 0 Å². The van der Waals surface area contributed by atoms with Crippen molar-refractivity contribution in [3.8, 4) is 5.88 Å². The zero-order chi connectivity index (χ0) is 13.7. The first-order chi connectivity index (χ1) is 8.49. The van der Waals surface area contributed by atoms with E-state index in [1.165, 1.54) is 0 Å². The summed E-state index contributed by atoms with van der Waals surface area (Å²) in [6.45, 7) is 8.32. The molecule has 0 bridgehead atoms. The lowest BCUT2D eigenvalue weighted by molar-refractivity contribution is 0.234. The summed E-state index contributed by atoms with van der Waals surface area (Å²) in [6, 6.07) is 4.30. The van der Waals surface area contributed by atoms with Crippen LogP contribution in [0.2, 0.25) is 0 Å². The highest BCUT2D eigenvalue weighted by Crippen LogP contribution is 2.25. The van der Waals surface area contributed by atoms with Crippen LogP contribution in [-0.4, -0.2) is 24.2 Å². The first-order valence-corrected chi connectivity index (χ1v) is 6.65. The van der Waals surface area contributed by atoms with Crippen molar-refractivity contribution in [2.24, 2.45) is 0 Å². The minimum absolute atomic E-state index is 0.0773. The summed E-state index contributed by atoms with van der Waals surface area (Å²) in [5.74, 6) is 1.44. The van der Waals surface area contributed by atoms with Crippen LogP contribution in [-0.2, 0) is 0 Å². The predicted octanol–water partition coefficient (Wildman–Crippen LogP) is 3.08. The molecule has 0 aliphatic rings. The van der Waals surface area contributed by atoms with E-state index in [1.807, 2.05) is 26.0 Å². The zero-order valence-corrected chi connectivity index (χ0v) is 12.1. The fourth-order valence-electron chi connectivity index (χ4n) is 1.98. The van der Waals surface area contributed by atoms with E-state index in [1.54, 1.807) is 0 Å². The number of ether oxygens (including phenoxy) is 1. The van der Waals surface area contributed by atoms with E-state index in [2.05, 4.69) is 30.8 Å². The molecule has 0 aliphatic heterocycles. The zero-order valence-electron chi connectivity index (χ0n) is 12.1. The quantitative estimate of drug-likeness (QED) is 0.844. The summed E-state index contributed by atoms with van der Waals surface area (Å²) < 4.78 is 5.62. The molecule has 1 rings (SSSR count). The maximum Gasteiger partial charge on any atom is 0.239 e. The molecule has 0 fully saturated rings. The molecule has 1 heterocycles. The third-order valence-corrected chi connectivity index (χ3v) is 3.07. The molecule has 0 amide bonds. The van der Waals surface area contributed by atoms with Crippen LogP contribution < -0.4 is 15.4 Å². The van der Waals surface area contributed by atoms with Gasteiger partial charge in [-0.1, -0.05) is 13.8 Å². The van der Waals surface area contributed by atoms with Gasteiger partial charge in [0.15, 0.2) is 0 Å². The third-order valence-electron chi connectivity index (χ3n) is 3.07. The first kappa shape index (κ1) is 14.6. The molecule has 0 saturated heterocycles. The van der Waals surface area contributed by atoms with E-state index >= 15 is 0 Å². The molecule has 4 heteroatoms. The molecule has 1 aromatic rings. The van der Waals surface area contributed by atoms with Gasteiger partial charge in [-0.15, -0.1) is 0 Å². The Morgan fingerprint density at radius 1 is 1.28 bits per heavy atom. The molecular formula is C14H25N3O. The largest absolute Gasteiger partial charge is 0.473 e. The molecule has 0 aromatic carbocycles. The van der Waals surface area contributed by atoms with Crippen LogP contribution in [0.3, 0.4) is 0 Å². The Kier molecular flexibility index (Phi) is 5.25. The van der Waals surface area contributed by atoms with Crippen LogP contribution in [0.4, 0.5) is 11.5 Å². The molecule has 0 saturated carbocycles. The van der Waals surface area contributed by atoms with Crippen molar-refractivity contribution >= 4 is 11.5 Å². The van der Waals surface area contributed by atoms with E-state index in [0.29, 0.717) is 17.6 Å². The minimum atomic E-state index is 0.0773.